The number of carbonyl (C=O) groups excluding carboxylic acids is 2. The Bertz CT molecular complexity index is 1380. The Morgan fingerprint density at radius 2 is 1.80 bits per heavy atom. The molecule has 1 heterocycles. The molecule has 0 saturated heterocycles. The molecule has 12 heteroatoms. The van der Waals surface area contributed by atoms with E-state index in [4.69, 9.17) is 9.47 Å². The molecule has 0 radical (unpaired) electrons. The number of nitrogens with one attached hydrogen (secondary N) is 2. The van der Waals surface area contributed by atoms with E-state index in [9.17, 15) is 23.1 Å². The molecule has 1 aliphatic heterocycles. The summed E-state index contributed by atoms with van der Waals surface area (Å²) in [6.45, 7) is 12.0. The van der Waals surface area contributed by atoms with Crippen molar-refractivity contribution in [2.45, 2.75) is 90.0 Å². The van der Waals surface area contributed by atoms with Gasteiger partial charge in [-0.15, -0.1) is 0 Å². The van der Waals surface area contributed by atoms with Gasteiger partial charge in [-0.25, -0.2) is 13.2 Å². The number of hydrogen-bond acceptors (Lipinski definition) is 7. The third-order valence-corrected chi connectivity index (χ3v) is 9.24. The molecule has 0 saturated carbocycles. The molecule has 4 atom stereocenters. The SMILES string of the molecule is Cc1ccc(S(=O)(=O)Nc2ccc3c(c2)C(=O)N([C@H](C)CO)C[C@H](C)[C@@H](CN(C)C(=O)NC(C)C)OCCCC[C@@H](C)O3)cc1. The number of carbonyl (C=O) groups is 2. The number of ether oxygens (including phenoxy) is 2. The van der Waals surface area contributed by atoms with Crippen LogP contribution < -0.4 is 14.8 Å². The van der Waals surface area contributed by atoms with Crippen LogP contribution in [0.2, 0.25) is 0 Å². The second-order valence-electron chi connectivity index (χ2n) is 12.4. The van der Waals surface area contributed by atoms with Gasteiger partial charge in [-0.2, -0.15) is 0 Å². The predicted octanol–water partition coefficient (Wildman–Crippen LogP) is 4.64. The highest BCUT2D eigenvalue weighted by atomic mass is 32.2. The molecule has 0 unspecified atom stereocenters. The molecule has 3 amide bonds. The Labute approximate surface area is 268 Å². The zero-order chi connectivity index (χ0) is 33.3. The number of amides is 3. The van der Waals surface area contributed by atoms with Gasteiger partial charge in [0.15, 0.2) is 0 Å². The van der Waals surface area contributed by atoms with Crippen molar-refractivity contribution in [2.75, 3.05) is 38.1 Å². The molecular formula is C33H50N4O7S. The topological polar surface area (TPSA) is 138 Å². The highest BCUT2D eigenvalue weighted by Crippen LogP contribution is 2.29. The summed E-state index contributed by atoms with van der Waals surface area (Å²) in [6.07, 6.45) is 1.74. The number of nitrogens with zero attached hydrogens (tertiary/aromatic N) is 2. The lowest BCUT2D eigenvalue weighted by molar-refractivity contribution is -0.0122. The summed E-state index contributed by atoms with van der Waals surface area (Å²) >= 11 is 0. The van der Waals surface area contributed by atoms with Crippen LogP contribution in [0.25, 0.3) is 0 Å². The van der Waals surface area contributed by atoms with Crippen molar-refractivity contribution in [2.24, 2.45) is 5.92 Å². The van der Waals surface area contributed by atoms with E-state index in [-0.39, 0.29) is 59.5 Å². The number of sulfonamides is 1. The number of aliphatic hydroxyl groups is 1. The number of fused-ring (bicyclic) bond motifs is 1. The summed E-state index contributed by atoms with van der Waals surface area (Å²) in [6, 6.07) is 10.4. The quantitative estimate of drug-likeness (QED) is 0.380. The van der Waals surface area contributed by atoms with E-state index in [1.165, 1.54) is 18.2 Å². The van der Waals surface area contributed by atoms with Crippen molar-refractivity contribution in [1.82, 2.24) is 15.1 Å². The molecule has 250 valence electrons. The van der Waals surface area contributed by atoms with E-state index in [0.29, 0.717) is 25.3 Å². The molecule has 0 aliphatic carbocycles. The summed E-state index contributed by atoms with van der Waals surface area (Å²) in [5.74, 6) is -0.293. The standard InChI is InChI=1S/C33H50N4O7S/c1-22(2)34-33(40)36(7)20-31-24(4)19-37(25(5)21-38)32(39)29-18-27(35-45(41,42)28-14-11-23(3)12-15-28)13-16-30(29)44-26(6)10-8-9-17-43-31/h11-16,18,22,24-26,31,35,38H,8-10,17,19-21H2,1-7H3,(H,34,40)/t24-,25+,26+,31+/m0/s1. The van der Waals surface area contributed by atoms with Gasteiger partial charge in [0.05, 0.1) is 35.3 Å². The number of hydrogen-bond donors (Lipinski definition) is 3. The monoisotopic (exact) mass is 646 g/mol. The Balaban J connectivity index is 1.98. The van der Waals surface area contributed by atoms with Crippen molar-refractivity contribution in [3.8, 4) is 5.75 Å². The van der Waals surface area contributed by atoms with E-state index in [1.54, 1.807) is 48.0 Å². The normalized spacial score (nSPS) is 20.9. The van der Waals surface area contributed by atoms with Crippen LogP contribution in [-0.4, -0.2) is 92.9 Å². The average molecular weight is 647 g/mol. The average Bonchev–Trinajstić information content (AvgIpc) is 2.98. The van der Waals surface area contributed by atoms with Crippen LogP contribution in [0, 0.1) is 12.8 Å². The Hall–Kier alpha value is -3.35. The lowest BCUT2D eigenvalue weighted by Crippen LogP contribution is -2.49. The fourth-order valence-electron chi connectivity index (χ4n) is 5.09. The van der Waals surface area contributed by atoms with Gasteiger partial charge in [0.1, 0.15) is 5.75 Å². The van der Waals surface area contributed by atoms with E-state index >= 15 is 0 Å². The maximum Gasteiger partial charge on any atom is 0.317 e. The molecule has 1 aliphatic rings. The molecule has 2 aromatic rings. The van der Waals surface area contributed by atoms with Crippen LogP contribution in [0.15, 0.2) is 47.4 Å². The Kier molecular flexibility index (Phi) is 13.1. The van der Waals surface area contributed by atoms with Gasteiger partial charge in [0.2, 0.25) is 0 Å². The highest BCUT2D eigenvalue weighted by molar-refractivity contribution is 7.92. The van der Waals surface area contributed by atoms with Crippen LogP contribution in [-0.2, 0) is 14.8 Å². The van der Waals surface area contributed by atoms with Gasteiger partial charge >= 0.3 is 6.03 Å². The molecular weight excluding hydrogens is 596 g/mol. The third kappa shape index (κ3) is 10.3. The number of likely N-dealkylation sites (N-methyl/N-ethyl adjacent to an activating group) is 1. The minimum Gasteiger partial charge on any atom is -0.490 e. The van der Waals surface area contributed by atoms with Crippen LogP contribution in [0.1, 0.15) is 69.8 Å². The minimum atomic E-state index is -3.92. The van der Waals surface area contributed by atoms with E-state index < -0.39 is 22.0 Å². The summed E-state index contributed by atoms with van der Waals surface area (Å²) in [7, 11) is -2.21. The number of rotatable bonds is 8. The van der Waals surface area contributed by atoms with Crippen molar-refractivity contribution in [1.29, 1.82) is 0 Å². The second-order valence-corrected chi connectivity index (χ2v) is 14.1. The first-order valence-electron chi connectivity index (χ1n) is 15.7. The molecule has 45 heavy (non-hydrogen) atoms. The van der Waals surface area contributed by atoms with Gasteiger partial charge in [-0.05, 0) is 84.2 Å². The van der Waals surface area contributed by atoms with Crippen molar-refractivity contribution in [3.63, 3.8) is 0 Å². The molecule has 3 N–H and O–H groups in total. The fraction of sp³-hybridized carbons (Fsp3) is 0.576. The van der Waals surface area contributed by atoms with Gasteiger partial charge in [0, 0.05) is 44.4 Å². The van der Waals surface area contributed by atoms with Crippen molar-refractivity contribution in [3.05, 3.63) is 53.6 Å². The largest absolute Gasteiger partial charge is 0.490 e. The lowest BCUT2D eigenvalue weighted by atomic mass is 10.0. The summed E-state index contributed by atoms with van der Waals surface area (Å²) in [5.41, 5.74) is 1.33. The summed E-state index contributed by atoms with van der Waals surface area (Å²) < 4.78 is 41.5. The summed E-state index contributed by atoms with van der Waals surface area (Å²) in [4.78, 5) is 30.2. The predicted molar refractivity (Wildman–Crippen MR) is 175 cm³/mol. The molecule has 0 bridgehead atoms. The maximum absolute atomic E-state index is 14.3. The van der Waals surface area contributed by atoms with E-state index in [2.05, 4.69) is 10.0 Å². The molecule has 0 aromatic heterocycles. The molecule has 3 rings (SSSR count). The number of aryl methyl sites for hydroxylation is 1. The summed E-state index contributed by atoms with van der Waals surface area (Å²) in [5, 5.41) is 13.1. The van der Waals surface area contributed by atoms with Crippen LogP contribution in [0.5, 0.6) is 5.75 Å². The van der Waals surface area contributed by atoms with Gasteiger partial charge < -0.3 is 29.7 Å². The number of anilines is 1. The van der Waals surface area contributed by atoms with Crippen molar-refractivity contribution >= 4 is 27.6 Å². The second kappa shape index (κ2) is 16.3. The van der Waals surface area contributed by atoms with Crippen LogP contribution in [0.4, 0.5) is 10.5 Å². The minimum absolute atomic E-state index is 0.0173. The van der Waals surface area contributed by atoms with E-state index in [1.807, 2.05) is 34.6 Å². The Morgan fingerprint density at radius 1 is 1.11 bits per heavy atom. The van der Waals surface area contributed by atoms with Crippen LogP contribution in [0.3, 0.4) is 0 Å². The first-order chi connectivity index (χ1) is 21.2. The lowest BCUT2D eigenvalue weighted by Gasteiger charge is -2.36. The zero-order valence-corrected chi connectivity index (χ0v) is 28.4. The Morgan fingerprint density at radius 3 is 2.44 bits per heavy atom. The van der Waals surface area contributed by atoms with Gasteiger partial charge in [-0.1, -0.05) is 24.6 Å². The zero-order valence-electron chi connectivity index (χ0n) is 27.6. The van der Waals surface area contributed by atoms with Gasteiger partial charge in [0.25, 0.3) is 15.9 Å². The maximum atomic E-state index is 14.3. The van der Waals surface area contributed by atoms with Crippen LogP contribution >= 0.6 is 0 Å². The number of aliphatic hydroxyl groups excluding tert-OH is 1. The molecule has 11 nitrogen and oxygen atoms in total. The number of urea groups is 1. The first-order valence-corrected chi connectivity index (χ1v) is 17.1. The third-order valence-electron chi connectivity index (χ3n) is 7.85. The number of benzene rings is 2. The van der Waals surface area contributed by atoms with E-state index in [0.717, 1.165) is 18.4 Å². The van der Waals surface area contributed by atoms with Gasteiger partial charge in [-0.3, -0.25) is 9.52 Å². The van der Waals surface area contributed by atoms with Crippen molar-refractivity contribution < 1.29 is 32.6 Å². The first kappa shape index (κ1) is 36.1. The molecule has 2 aromatic carbocycles. The molecule has 0 spiro atoms. The fourth-order valence-corrected chi connectivity index (χ4v) is 6.14. The highest BCUT2D eigenvalue weighted by Gasteiger charge is 2.31. The smallest absolute Gasteiger partial charge is 0.317 e. The molecule has 0 fully saturated rings.